The fourth-order valence-corrected chi connectivity index (χ4v) is 1.44. The van der Waals surface area contributed by atoms with Gasteiger partial charge in [0, 0.05) is 25.6 Å². The summed E-state index contributed by atoms with van der Waals surface area (Å²) >= 11 is 0. The first-order valence-corrected chi connectivity index (χ1v) is 5.16. The maximum absolute atomic E-state index is 11.8. The molecule has 1 aliphatic heterocycles. The van der Waals surface area contributed by atoms with E-state index in [1.807, 2.05) is 0 Å². The van der Waals surface area contributed by atoms with Crippen LogP contribution in [0.25, 0.3) is 0 Å². The fraction of sp³-hybridized carbons (Fsp3) is 1.00. The number of alkyl halides is 3. The lowest BCUT2D eigenvalue weighted by Crippen LogP contribution is -2.47. The zero-order valence-corrected chi connectivity index (χ0v) is 8.57. The van der Waals surface area contributed by atoms with E-state index < -0.39 is 12.6 Å². The molecule has 1 rings (SSSR count). The van der Waals surface area contributed by atoms with E-state index in [1.165, 1.54) is 0 Å². The number of nitrogens with one attached hydrogen (secondary N) is 2. The Morgan fingerprint density at radius 2 is 2.20 bits per heavy atom. The molecule has 15 heavy (non-hydrogen) atoms. The van der Waals surface area contributed by atoms with E-state index in [9.17, 15) is 13.2 Å². The number of halogens is 3. The highest BCUT2D eigenvalue weighted by molar-refractivity contribution is 4.72. The molecule has 1 fully saturated rings. The maximum Gasteiger partial charge on any atom is 0.389 e. The Balaban J connectivity index is 1.92. The summed E-state index contributed by atoms with van der Waals surface area (Å²) in [5, 5.41) is 6.20. The standard InChI is InChI=1S/C9H17F3N2O/c10-9(11,12)2-1-3-13-6-8-7-15-5-4-14-8/h8,13-14H,1-7H2. The van der Waals surface area contributed by atoms with Crippen molar-refractivity contribution in [3.05, 3.63) is 0 Å². The first kappa shape index (κ1) is 12.7. The molecule has 0 aromatic heterocycles. The lowest BCUT2D eigenvalue weighted by atomic mass is 10.2. The lowest BCUT2D eigenvalue weighted by Gasteiger charge is -2.24. The smallest absolute Gasteiger partial charge is 0.378 e. The van der Waals surface area contributed by atoms with Crippen molar-refractivity contribution in [1.29, 1.82) is 0 Å². The Morgan fingerprint density at radius 1 is 1.40 bits per heavy atom. The van der Waals surface area contributed by atoms with Gasteiger partial charge < -0.3 is 15.4 Å². The van der Waals surface area contributed by atoms with Crippen LogP contribution in [0.15, 0.2) is 0 Å². The SMILES string of the molecule is FC(F)(F)CCCNCC1COCCN1. The van der Waals surface area contributed by atoms with Crippen molar-refractivity contribution < 1.29 is 17.9 Å². The van der Waals surface area contributed by atoms with E-state index in [0.29, 0.717) is 26.3 Å². The molecule has 1 saturated heterocycles. The van der Waals surface area contributed by atoms with Crippen molar-refractivity contribution in [1.82, 2.24) is 10.6 Å². The molecule has 1 heterocycles. The largest absolute Gasteiger partial charge is 0.389 e. The van der Waals surface area contributed by atoms with Crippen LogP contribution in [0.4, 0.5) is 13.2 Å². The van der Waals surface area contributed by atoms with E-state index in [4.69, 9.17) is 4.74 Å². The molecule has 0 aromatic carbocycles. The molecule has 0 saturated carbocycles. The monoisotopic (exact) mass is 226 g/mol. The minimum absolute atomic E-state index is 0.136. The second-order valence-electron chi connectivity index (χ2n) is 3.65. The molecule has 0 amide bonds. The highest BCUT2D eigenvalue weighted by Crippen LogP contribution is 2.20. The summed E-state index contributed by atoms with van der Waals surface area (Å²) < 4.78 is 40.5. The summed E-state index contributed by atoms with van der Waals surface area (Å²) in [7, 11) is 0. The van der Waals surface area contributed by atoms with E-state index in [1.54, 1.807) is 0 Å². The molecule has 1 aliphatic rings. The molecule has 3 nitrogen and oxygen atoms in total. The van der Waals surface area contributed by atoms with Gasteiger partial charge in [0.05, 0.1) is 13.2 Å². The van der Waals surface area contributed by atoms with Gasteiger partial charge in [0.15, 0.2) is 0 Å². The lowest BCUT2D eigenvalue weighted by molar-refractivity contribution is -0.135. The third kappa shape index (κ3) is 6.70. The van der Waals surface area contributed by atoms with Crippen LogP contribution in [0.1, 0.15) is 12.8 Å². The molecule has 0 spiro atoms. The van der Waals surface area contributed by atoms with Gasteiger partial charge in [-0.25, -0.2) is 0 Å². The summed E-state index contributed by atoms with van der Waals surface area (Å²) in [4.78, 5) is 0. The molecule has 1 unspecified atom stereocenters. The summed E-state index contributed by atoms with van der Waals surface area (Å²) in [6.45, 7) is 3.22. The minimum atomic E-state index is -4.03. The molecule has 2 N–H and O–H groups in total. The Kier molecular flexibility index (Phi) is 5.35. The van der Waals surface area contributed by atoms with Gasteiger partial charge in [-0.1, -0.05) is 0 Å². The van der Waals surface area contributed by atoms with Gasteiger partial charge in [-0.15, -0.1) is 0 Å². The van der Waals surface area contributed by atoms with Crippen LogP contribution in [-0.4, -0.2) is 45.1 Å². The molecule has 0 aromatic rings. The van der Waals surface area contributed by atoms with Crippen LogP contribution in [0.2, 0.25) is 0 Å². The number of hydrogen-bond acceptors (Lipinski definition) is 3. The molecule has 0 radical (unpaired) electrons. The van der Waals surface area contributed by atoms with Crippen molar-refractivity contribution in [2.24, 2.45) is 0 Å². The summed E-state index contributed by atoms with van der Waals surface area (Å²) in [5.74, 6) is 0. The van der Waals surface area contributed by atoms with Crippen LogP contribution >= 0.6 is 0 Å². The third-order valence-electron chi connectivity index (χ3n) is 2.20. The molecular weight excluding hydrogens is 209 g/mol. The van der Waals surface area contributed by atoms with Crippen molar-refractivity contribution in [2.45, 2.75) is 25.1 Å². The first-order chi connectivity index (χ1) is 7.08. The van der Waals surface area contributed by atoms with Crippen molar-refractivity contribution in [3.8, 4) is 0 Å². The zero-order valence-electron chi connectivity index (χ0n) is 8.57. The van der Waals surface area contributed by atoms with Crippen molar-refractivity contribution in [3.63, 3.8) is 0 Å². The van der Waals surface area contributed by atoms with Crippen LogP contribution in [-0.2, 0) is 4.74 Å². The highest BCUT2D eigenvalue weighted by Gasteiger charge is 2.25. The average Bonchev–Trinajstić information content (AvgIpc) is 2.17. The van der Waals surface area contributed by atoms with Gasteiger partial charge in [0.2, 0.25) is 0 Å². The highest BCUT2D eigenvalue weighted by atomic mass is 19.4. The quantitative estimate of drug-likeness (QED) is 0.683. The van der Waals surface area contributed by atoms with Gasteiger partial charge in [0.1, 0.15) is 0 Å². The zero-order chi connectivity index (χ0) is 11.1. The van der Waals surface area contributed by atoms with Gasteiger partial charge in [-0.2, -0.15) is 13.2 Å². The molecule has 0 aliphatic carbocycles. The first-order valence-electron chi connectivity index (χ1n) is 5.16. The van der Waals surface area contributed by atoms with E-state index in [0.717, 1.165) is 6.54 Å². The maximum atomic E-state index is 11.8. The Labute approximate surface area is 87.4 Å². The van der Waals surface area contributed by atoms with Crippen LogP contribution < -0.4 is 10.6 Å². The Hall–Kier alpha value is -0.330. The van der Waals surface area contributed by atoms with E-state index >= 15 is 0 Å². The second kappa shape index (κ2) is 6.30. The van der Waals surface area contributed by atoms with Gasteiger partial charge in [-0.3, -0.25) is 0 Å². The van der Waals surface area contributed by atoms with Crippen molar-refractivity contribution in [2.75, 3.05) is 32.8 Å². The summed E-state index contributed by atoms with van der Waals surface area (Å²) in [6.07, 6.45) is -4.61. The minimum Gasteiger partial charge on any atom is -0.378 e. The fourth-order valence-electron chi connectivity index (χ4n) is 1.44. The topological polar surface area (TPSA) is 33.3 Å². The predicted molar refractivity (Wildman–Crippen MR) is 50.8 cm³/mol. The van der Waals surface area contributed by atoms with Crippen molar-refractivity contribution >= 4 is 0 Å². The van der Waals surface area contributed by atoms with Crippen LogP contribution in [0.3, 0.4) is 0 Å². The molecule has 6 heteroatoms. The van der Waals surface area contributed by atoms with Crippen LogP contribution in [0.5, 0.6) is 0 Å². The molecule has 90 valence electrons. The average molecular weight is 226 g/mol. The Bertz CT molecular complexity index is 169. The van der Waals surface area contributed by atoms with Gasteiger partial charge in [0.25, 0.3) is 0 Å². The number of morpholine rings is 1. The van der Waals surface area contributed by atoms with E-state index in [2.05, 4.69) is 10.6 Å². The number of ether oxygens (including phenoxy) is 1. The number of rotatable bonds is 5. The Morgan fingerprint density at radius 3 is 2.80 bits per heavy atom. The summed E-state index contributed by atoms with van der Waals surface area (Å²) in [6, 6.07) is 0.227. The van der Waals surface area contributed by atoms with Crippen LogP contribution in [0, 0.1) is 0 Å². The van der Waals surface area contributed by atoms with Gasteiger partial charge >= 0.3 is 6.18 Å². The van der Waals surface area contributed by atoms with Gasteiger partial charge in [-0.05, 0) is 13.0 Å². The molecule has 1 atom stereocenters. The third-order valence-corrected chi connectivity index (χ3v) is 2.20. The normalized spacial score (nSPS) is 23.0. The van der Waals surface area contributed by atoms with E-state index in [-0.39, 0.29) is 12.5 Å². The summed E-state index contributed by atoms with van der Waals surface area (Å²) in [5.41, 5.74) is 0. The molecule has 0 bridgehead atoms. The predicted octanol–water partition coefficient (Wildman–Crippen LogP) is 0.907. The molecular formula is C9H17F3N2O. The second-order valence-corrected chi connectivity index (χ2v) is 3.65. The number of hydrogen-bond donors (Lipinski definition) is 2.